The minimum absolute atomic E-state index is 0.116. The summed E-state index contributed by atoms with van der Waals surface area (Å²) in [5.74, 6) is -0.231. The fourth-order valence-electron chi connectivity index (χ4n) is 4.45. The van der Waals surface area contributed by atoms with Crippen LogP contribution in [-0.2, 0) is 11.0 Å². The number of halogens is 3. The molecule has 150 valence electrons. The van der Waals surface area contributed by atoms with E-state index in [4.69, 9.17) is 5.73 Å². The van der Waals surface area contributed by atoms with Gasteiger partial charge < -0.3 is 10.6 Å². The topological polar surface area (TPSA) is 49.6 Å². The lowest BCUT2D eigenvalue weighted by Crippen LogP contribution is -2.54. The monoisotopic (exact) mass is 383 g/mol. The van der Waals surface area contributed by atoms with Crippen molar-refractivity contribution in [2.75, 3.05) is 20.1 Å². The lowest BCUT2D eigenvalue weighted by atomic mass is 9.87. The summed E-state index contributed by atoms with van der Waals surface area (Å²) < 4.78 is 38.2. The number of rotatable bonds is 4. The highest BCUT2D eigenvalue weighted by atomic mass is 19.4. The number of nitrogens with zero attached hydrogens (tertiary/aromatic N) is 2. The van der Waals surface area contributed by atoms with Crippen LogP contribution in [0.1, 0.15) is 55.7 Å². The molecule has 1 heterocycles. The summed E-state index contributed by atoms with van der Waals surface area (Å²) in [5.41, 5.74) is 5.79. The highest BCUT2D eigenvalue weighted by Crippen LogP contribution is 2.32. The fourth-order valence-corrected chi connectivity index (χ4v) is 4.45. The van der Waals surface area contributed by atoms with Crippen molar-refractivity contribution in [2.24, 2.45) is 5.73 Å². The molecule has 0 bridgehead atoms. The first-order valence-corrected chi connectivity index (χ1v) is 9.72. The molecule has 0 spiro atoms. The van der Waals surface area contributed by atoms with Crippen molar-refractivity contribution in [3.05, 3.63) is 35.4 Å². The van der Waals surface area contributed by atoms with Crippen LogP contribution < -0.4 is 5.73 Å². The summed E-state index contributed by atoms with van der Waals surface area (Å²) in [6, 6.07) is 4.10. The van der Waals surface area contributed by atoms with E-state index in [2.05, 4.69) is 4.90 Å². The van der Waals surface area contributed by atoms with Gasteiger partial charge in [0.05, 0.1) is 5.56 Å². The first-order chi connectivity index (χ1) is 12.8. The van der Waals surface area contributed by atoms with E-state index in [0.29, 0.717) is 11.6 Å². The van der Waals surface area contributed by atoms with Gasteiger partial charge in [-0.25, -0.2) is 0 Å². The molecule has 3 unspecified atom stereocenters. The smallest absolute Gasteiger partial charge is 0.340 e. The Balaban J connectivity index is 1.71. The Labute approximate surface area is 158 Å². The Morgan fingerprint density at radius 1 is 1.11 bits per heavy atom. The molecule has 0 aromatic heterocycles. The molecule has 1 aromatic carbocycles. The zero-order valence-electron chi connectivity index (χ0n) is 15.7. The molecule has 1 aromatic rings. The average Bonchev–Trinajstić information content (AvgIpc) is 3.20. The molecule has 1 saturated heterocycles. The number of amides is 1. The number of hydrogen-bond donors (Lipinski definition) is 1. The maximum atomic E-state index is 12.9. The van der Waals surface area contributed by atoms with Crippen LogP contribution in [0.3, 0.4) is 0 Å². The summed E-state index contributed by atoms with van der Waals surface area (Å²) in [5, 5.41) is 0. The zero-order chi connectivity index (χ0) is 19.6. The van der Waals surface area contributed by atoms with E-state index < -0.39 is 17.8 Å². The average molecular weight is 383 g/mol. The Bertz CT molecular complexity index is 641. The van der Waals surface area contributed by atoms with Crippen molar-refractivity contribution in [1.29, 1.82) is 0 Å². The molecule has 3 rings (SSSR count). The van der Waals surface area contributed by atoms with Crippen LogP contribution in [0.5, 0.6) is 0 Å². The van der Waals surface area contributed by atoms with E-state index in [9.17, 15) is 18.0 Å². The lowest BCUT2D eigenvalue weighted by molar-refractivity contribution is -0.137. The van der Waals surface area contributed by atoms with Gasteiger partial charge in [0.2, 0.25) is 5.91 Å². The molecule has 4 nitrogen and oxygen atoms in total. The number of carbonyl (C=O) groups excluding carboxylic acids is 1. The number of hydrogen-bond acceptors (Lipinski definition) is 3. The minimum Gasteiger partial charge on any atom is -0.340 e. The normalized spacial score (nSPS) is 25.4. The zero-order valence-corrected chi connectivity index (χ0v) is 15.7. The summed E-state index contributed by atoms with van der Waals surface area (Å²) in [4.78, 5) is 17.2. The molecular weight excluding hydrogens is 355 g/mol. The van der Waals surface area contributed by atoms with Crippen molar-refractivity contribution >= 4 is 5.91 Å². The molecule has 2 fully saturated rings. The van der Waals surface area contributed by atoms with Crippen LogP contribution in [-0.4, -0.2) is 47.9 Å². The van der Waals surface area contributed by atoms with Crippen molar-refractivity contribution < 1.29 is 18.0 Å². The van der Waals surface area contributed by atoms with Crippen LogP contribution in [0.15, 0.2) is 24.3 Å². The van der Waals surface area contributed by atoms with E-state index in [1.807, 2.05) is 0 Å². The number of likely N-dealkylation sites (N-methyl/N-ethyl adjacent to an activating group) is 1. The van der Waals surface area contributed by atoms with E-state index >= 15 is 0 Å². The highest BCUT2D eigenvalue weighted by Gasteiger charge is 2.37. The second-order valence-corrected chi connectivity index (χ2v) is 7.71. The van der Waals surface area contributed by atoms with Gasteiger partial charge in [-0.3, -0.25) is 9.69 Å². The molecule has 2 N–H and O–H groups in total. The maximum absolute atomic E-state index is 12.9. The van der Waals surface area contributed by atoms with E-state index in [-0.39, 0.29) is 11.9 Å². The van der Waals surface area contributed by atoms with Gasteiger partial charge in [0.25, 0.3) is 0 Å². The van der Waals surface area contributed by atoms with Crippen molar-refractivity contribution in [1.82, 2.24) is 9.80 Å². The largest absolute Gasteiger partial charge is 0.416 e. The van der Waals surface area contributed by atoms with Crippen LogP contribution in [0.2, 0.25) is 0 Å². The Hall–Kier alpha value is -1.60. The molecule has 3 atom stereocenters. The molecule has 0 radical (unpaired) electrons. The Morgan fingerprint density at radius 3 is 2.30 bits per heavy atom. The van der Waals surface area contributed by atoms with E-state index in [1.54, 1.807) is 11.9 Å². The van der Waals surface area contributed by atoms with Gasteiger partial charge in [-0.2, -0.15) is 13.2 Å². The summed E-state index contributed by atoms with van der Waals surface area (Å²) in [7, 11) is 1.78. The first kappa shape index (κ1) is 20.1. The molecule has 27 heavy (non-hydrogen) atoms. The molecule has 1 aliphatic heterocycles. The number of carbonyl (C=O) groups is 1. The highest BCUT2D eigenvalue weighted by molar-refractivity contribution is 5.83. The van der Waals surface area contributed by atoms with Crippen LogP contribution >= 0.6 is 0 Å². The Kier molecular flexibility index (Phi) is 6.11. The van der Waals surface area contributed by atoms with Crippen LogP contribution in [0.4, 0.5) is 13.2 Å². The summed E-state index contributed by atoms with van der Waals surface area (Å²) in [6.07, 6.45) is 2.29. The number of likely N-dealkylation sites (tertiary alicyclic amines) is 1. The number of alkyl halides is 3. The fraction of sp³-hybridized carbons (Fsp3) is 0.650. The van der Waals surface area contributed by atoms with Gasteiger partial charge in [0.1, 0.15) is 6.04 Å². The minimum atomic E-state index is -4.39. The van der Waals surface area contributed by atoms with Gasteiger partial charge >= 0.3 is 6.18 Å². The number of nitrogens with two attached hydrogens (primary N) is 1. The van der Waals surface area contributed by atoms with Crippen molar-refractivity contribution in [2.45, 2.75) is 62.8 Å². The van der Waals surface area contributed by atoms with Gasteiger partial charge in [0, 0.05) is 19.1 Å². The third-order valence-corrected chi connectivity index (χ3v) is 6.01. The lowest BCUT2D eigenvalue weighted by Gasteiger charge is -2.43. The van der Waals surface area contributed by atoms with Gasteiger partial charge in [-0.05, 0) is 56.5 Å². The second-order valence-electron chi connectivity index (χ2n) is 7.71. The van der Waals surface area contributed by atoms with Crippen LogP contribution in [0, 0.1) is 0 Å². The van der Waals surface area contributed by atoms with Crippen molar-refractivity contribution in [3.63, 3.8) is 0 Å². The summed E-state index contributed by atoms with van der Waals surface area (Å²) in [6.45, 7) is 2.16. The third-order valence-electron chi connectivity index (χ3n) is 6.01. The molecular formula is C20H28F3N3O. The van der Waals surface area contributed by atoms with Crippen LogP contribution in [0.25, 0.3) is 0 Å². The third kappa shape index (κ3) is 4.46. The second kappa shape index (κ2) is 8.19. The van der Waals surface area contributed by atoms with E-state index in [1.165, 1.54) is 31.4 Å². The predicted molar refractivity (Wildman–Crippen MR) is 98.0 cm³/mol. The van der Waals surface area contributed by atoms with Gasteiger partial charge in [-0.15, -0.1) is 0 Å². The predicted octanol–water partition coefficient (Wildman–Crippen LogP) is 3.57. The SMILES string of the molecule is CN(C(=O)C(N)c1ccc(C(F)(F)F)cc1)C1CCCCC1N1CCCC1. The molecule has 1 amide bonds. The Morgan fingerprint density at radius 2 is 1.70 bits per heavy atom. The molecule has 1 aliphatic carbocycles. The first-order valence-electron chi connectivity index (χ1n) is 9.72. The molecule has 1 saturated carbocycles. The summed E-state index contributed by atoms with van der Waals surface area (Å²) >= 11 is 0. The quantitative estimate of drug-likeness (QED) is 0.865. The van der Waals surface area contributed by atoms with E-state index in [0.717, 1.165) is 44.5 Å². The number of benzene rings is 1. The molecule has 7 heteroatoms. The van der Waals surface area contributed by atoms with Gasteiger partial charge in [0.15, 0.2) is 0 Å². The maximum Gasteiger partial charge on any atom is 0.416 e. The van der Waals surface area contributed by atoms with Gasteiger partial charge in [-0.1, -0.05) is 25.0 Å². The van der Waals surface area contributed by atoms with Crippen molar-refractivity contribution in [3.8, 4) is 0 Å². The molecule has 2 aliphatic rings. The standard InChI is InChI=1S/C20H28F3N3O/c1-25(16-6-2-3-7-17(16)26-12-4-5-13-26)19(27)18(24)14-8-10-15(11-9-14)20(21,22)23/h8-11,16-18H,2-7,12-13,24H2,1H3.